The molecule has 3 nitrogen and oxygen atoms in total. The van der Waals surface area contributed by atoms with Crippen molar-refractivity contribution in [2.45, 2.75) is 38.5 Å². The van der Waals surface area contributed by atoms with Crippen LogP contribution in [0, 0.1) is 6.92 Å². The Bertz CT molecular complexity index is 361. The molecule has 0 saturated carbocycles. The lowest BCUT2D eigenvalue weighted by atomic mass is 10.2. The minimum atomic E-state index is -4.14. The van der Waals surface area contributed by atoms with Gasteiger partial charge in [0.15, 0.2) is 0 Å². The molecule has 16 heavy (non-hydrogen) atoms. The van der Waals surface area contributed by atoms with Crippen LogP contribution in [0.25, 0.3) is 0 Å². The van der Waals surface area contributed by atoms with Crippen LogP contribution < -0.4 is 0 Å². The maximum Gasteiger partial charge on any atom is 0.404 e. The Balaban J connectivity index is 2.07. The first-order chi connectivity index (χ1) is 7.48. The van der Waals surface area contributed by atoms with Gasteiger partial charge in [0.05, 0.1) is 6.20 Å². The molecule has 1 aliphatic heterocycles. The maximum absolute atomic E-state index is 12.7. The summed E-state index contributed by atoms with van der Waals surface area (Å²) in [5.41, 5.74) is 0.733. The van der Waals surface area contributed by atoms with Crippen molar-refractivity contribution in [1.82, 2.24) is 10.1 Å². The van der Waals surface area contributed by atoms with Gasteiger partial charge in [0, 0.05) is 12.1 Å². The normalized spacial score (nSPS) is 22.9. The molecule has 90 valence electrons. The largest absolute Gasteiger partial charge is 0.404 e. The third kappa shape index (κ3) is 2.21. The lowest BCUT2D eigenvalue weighted by molar-refractivity contribution is -0.177. The predicted octanol–water partition coefficient (Wildman–Crippen LogP) is 2.51. The van der Waals surface area contributed by atoms with E-state index in [1.165, 1.54) is 11.1 Å². The van der Waals surface area contributed by atoms with E-state index in [0.29, 0.717) is 18.7 Å². The van der Waals surface area contributed by atoms with E-state index < -0.39 is 12.2 Å². The molecule has 0 N–H and O–H groups in total. The quantitative estimate of drug-likeness (QED) is 0.787. The van der Waals surface area contributed by atoms with E-state index >= 15 is 0 Å². The Kier molecular flexibility index (Phi) is 2.92. The van der Waals surface area contributed by atoms with Gasteiger partial charge in [-0.25, -0.2) is 0 Å². The van der Waals surface area contributed by atoms with Gasteiger partial charge in [0.1, 0.15) is 11.8 Å². The summed E-state index contributed by atoms with van der Waals surface area (Å²) in [5, 5.41) is 3.57. The second kappa shape index (κ2) is 4.08. The van der Waals surface area contributed by atoms with Crippen molar-refractivity contribution in [3.05, 3.63) is 17.5 Å². The highest BCUT2D eigenvalue weighted by atomic mass is 19.4. The zero-order valence-corrected chi connectivity index (χ0v) is 8.92. The molecule has 1 aromatic heterocycles. The Labute approximate surface area is 91.2 Å². The number of hydrogen-bond acceptors (Lipinski definition) is 3. The molecular weight excluding hydrogens is 221 g/mol. The number of halogens is 3. The number of nitrogens with zero attached hydrogens (tertiary/aromatic N) is 2. The minimum Gasteiger partial charge on any atom is -0.361 e. The van der Waals surface area contributed by atoms with Crippen molar-refractivity contribution in [3.63, 3.8) is 0 Å². The van der Waals surface area contributed by atoms with Gasteiger partial charge >= 0.3 is 6.18 Å². The van der Waals surface area contributed by atoms with E-state index in [-0.39, 0.29) is 13.0 Å². The Morgan fingerprint density at radius 1 is 1.56 bits per heavy atom. The molecule has 1 unspecified atom stereocenters. The smallest absolute Gasteiger partial charge is 0.361 e. The first-order valence-corrected chi connectivity index (χ1v) is 5.19. The fraction of sp³-hybridized carbons (Fsp3) is 0.700. The summed E-state index contributed by atoms with van der Waals surface area (Å²) in [6, 6.07) is -1.32. The molecule has 0 radical (unpaired) electrons. The topological polar surface area (TPSA) is 29.3 Å². The van der Waals surface area contributed by atoms with Crippen LogP contribution in [0.2, 0.25) is 0 Å². The fourth-order valence-corrected chi connectivity index (χ4v) is 2.08. The van der Waals surface area contributed by atoms with Crippen LogP contribution in [0.15, 0.2) is 10.7 Å². The van der Waals surface area contributed by atoms with Gasteiger partial charge in [-0.15, -0.1) is 0 Å². The lowest BCUT2D eigenvalue weighted by Crippen LogP contribution is -2.40. The van der Waals surface area contributed by atoms with Crippen LogP contribution in [-0.2, 0) is 6.54 Å². The Morgan fingerprint density at radius 3 is 2.88 bits per heavy atom. The van der Waals surface area contributed by atoms with Crippen LogP contribution in [0.3, 0.4) is 0 Å². The van der Waals surface area contributed by atoms with E-state index in [1.54, 1.807) is 6.92 Å². The van der Waals surface area contributed by atoms with Gasteiger partial charge < -0.3 is 4.52 Å². The average molecular weight is 234 g/mol. The first-order valence-electron chi connectivity index (χ1n) is 5.19. The molecule has 0 amide bonds. The molecule has 2 rings (SSSR count). The second-order valence-corrected chi connectivity index (χ2v) is 4.08. The van der Waals surface area contributed by atoms with E-state index in [4.69, 9.17) is 4.52 Å². The van der Waals surface area contributed by atoms with E-state index in [1.807, 2.05) is 0 Å². The van der Waals surface area contributed by atoms with E-state index in [0.717, 1.165) is 5.56 Å². The van der Waals surface area contributed by atoms with Crippen molar-refractivity contribution >= 4 is 0 Å². The molecule has 0 aromatic carbocycles. The van der Waals surface area contributed by atoms with Crippen molar-refractivity contribution in [2.75, 3.05) is 6.54 Å². The van der Waals surface area contributed by atoms with Gasteiger partial charge in [-0.2, -0.15) is 13.2 Å². The number of likely N-dealkylation sites (tertiary alicyclic amines) is 1. The minimum absolute atomic E-state index is 0.188. The van der Waals surface area contributed by atoms with Crippen molar-refractivity contribution in [1.29, 1.82) is 0 Å². The van der Waals surface area contributed by atoms with Gasteiger partial charge in [-0.05, 0) is 26.3 Å². The zero-order chi connectivity index (χ0) is 11.8. The molecule has 1 aromatic rings. The summed E-state index contributed by atoms with van der Waals surface area (Å²) < 4.78 is 42.8. The molecule has 6 heteroatoms. The van der Waals surface area contributed by atoms with Crippen LogP contribution in [0.5, 0.6) is 0 Å². The summed E-state index contributed by atoms with van der Waals surface area (Å²) >= 11 is 0. The lowest BCUT2D eigenvalue weighted by Gasteiger charge is -2.25. The highest BCUT2D eigenvalue weighted by Crippen LogP contribution is 2.33. The number of hydrogen-bond donors (Lipinski definition) is 0. The average Bonchev–Trinajstić information content (AvgIpc) is 2.76. The molecular formula is C10H13F3N2O. The van der Waals surface area contributed by atoms with Gasteiger partial charge in [-0.3, -0.25) is 4.90 Å². The van der Waals surface area contributed by atoms with Gasteiger partial charge in [0.25, 0.3) is 0 Å². The molecule has 1 saturated heterocycles. The first kappa shape index (κ1) is 11.4. The van der Waals surface area contributed by atoms with Crippen LogP contribution in [0.4, 0.5) is 13.2 Å². The molecule has 2 heterocycles. The fourth-order valence-electron chi connectivity index (χ4n) is 2.08. The van der Waals surface area contributed by atoms with Crippen LogP contribution in [-0.4, -0.2) is 28.8 Å². The van der Waals surface area contributed by atoms with Crippen molar-refractivity contribution in [2.24, 2.45) is 0 Å². The summed E-state index contributed by atoms with van der Waals surface area (Å²) in [6.45, 7) is 2.45. The third-order valence-electron chi connectivity index (χ3n) is 2.97. The molecule has 0 bridgehead atoms. The Hall–Kier alpha value is -1.04. The number of alkyl halides is 3. The standard InChI is InChI=1S/C10H13F3N2O/c1-7-8(5-14-16-7)6-15-4-2-3-9(15)10(11,12)13/h5,9H,2-4,6H2,1H3. The van der Waals surface area contributed by atoms with Crippen molar-refractivity contribution < 1.29 is 17.7 Å². The maximum atomic E-state index is 12.7. The highest BCUT2D eigenvalue weighted by Gasteiger charge is 2.45. The molecule has 1 fully saturated rings. The summed E-state index contributed by atoms with van der Waals surface area (Å²) in [5.74, 6) is 0.591. The Morgan fingerprint density at radius 2 is 2.31 bits per heavy atom. The van der Waals surface area contributed by atoms with Crippen LogP contribution in [0.1, 0.15) is 24.2 Å². The summed E-state index contributed by atoms with van der Waals surface area (Å²) in [7, 11) is 0. The molecule has 1 aliphatic rings. The van der Waals surface area contributed by atoms with Crippen molar-refractivity contribution in [3.8, 4) is 0 Å². The number of rotatable bonds is 2. The molecule has 1 atom stereocenters. The second-order valence-electron chi connectivity index (χ2n) is 4.08. The zero-order valence-electron chi connectivity index (χ0n) is 8.92. The number of aromatic nitrogens is 1. The monoisotopic (exact) mass is 234 g/mol. The molecule has 0 aliphatic carbocycles. The van der Waals surface area contributed by atoms with Gasteiger partial charge in [0.2, 0.25) is 0 Å². The van der Waals surface area contributed by atoms with E-state index in [2.05, 4.69) is 5.16 Å². The van der Waals surface area contributed by atoms with E-state index in [9.17, 15) is 13.2 Å². The SMILES string of the molecule is Cc1oncc1CN1CCCC1C(F)(F)F. The third-order valence-corrected chi connectivity index (χ3v) is 2.97. The van der Waals surface area contributed by atoms with Crippen LogP contribution >= 0.6 is 0 Å². The number of aryl methyl sites for hydroxylation is 1. The van der Waals surface area contributed by atoms with Gasteiger partial charge in [-0.1, -0.05) is 5.16 Å². The predicted molar refractivity (Wildman–Crippen MR) is 50.7 cm³/mol. The molecule has 0 spiro atoms. The summed E-state index contributed by atoms with van der Waals surface area (Å²) in [4.78, 5) is 1.44. The summed E-state index contributed by atoms with van der Waals surface area (Å²) in [6.07, 6.45) is -1.87. The highest BCUT2D eigenvalue weighted by molar-refractivity contribution is 5.12.